The van der Waals surface area contributed by atoms with Gasteiger partial charge >= 0.3 is 6.18 Å². The van der Waals surface area contributed by atoms with Crippen LogP contribution < -0.4 is 14.8 Å². The van der Waals surface area contributed by atoms with Crippen molar-refractivity contribution in [1.29, 1.82) is 0 Å². The Hall–Kier alpha value is -3.53. The van der Waals surface area contributed by atoms with Crippen LogP contribution in [-0.2, 0) is 18.1 Å². The number of carbonyl (C=O) groups is 1. The zero-order valence-corrected chi connectivity index (χ0v) is 18.4. The van der Waals surface area contributed by atoms with E-state index in [1.165, 1.54) is 19.5 Å². The highest BCUT2D eigenvalue weighted by Gasteiger charge is 2.27. The van der Waals surface area contributed by atoms with Gasteiger partial charge in [-0.15, -0.1) is 0 Å². The molecule has 10 heteroatoms. The van der Waals surface area contributed by atoms with E-state index in [2.05, 4.69) is 15.2 Å². The Morgan fingerprint density at radius 3 is 2.64 bits per heavy atom. The van der Waals surface area contributed by atoms with Crippen LogP contribution in [0.3, 0.4) is 0 Å². The van der Waals surface area contributed by atoms with Gasteiger partial charge < -0.3 is 19.5 Å². The smallest absolute Gasteiger partial charge is 0.411 e. The monoisotopic (exact) mass is 463 g/mol. The number of aryl methyl sites for hydroxylation is 2. The molecule has 0 spiro atoms. The van der Waals surface area contributed by atoms with Crippen molar-refractivity contribution in [2.45, 2.75) is 33.4 Å². The summed E-state index contributed by atoms with van der Waals surface area (Å²) in [6, 6.07) is 10.8. The maximum Gasteiger partial charge on any atom is 0.411 e. The zero-order chi connectivity index (χ0) is 24.0. The summed E-state index contributed by atoms with van der Waals surface area (Å²) in [5.41, 5.74) is 3.42. The number of rotatable bonds is 9. The summed E-state index contributed by atoms with van der Waals surface area (Å²) in [5, 5.41) is 6.53. The van der Waals surface area contributed by atoms with Crippen LogP contribution in [-0.4, -0.2) is 35.6 Å². The molecule has 7 nitrogen and oxygen atoms in total. The van der Waals surface area contributed by atoms with E-state index in [1.807, 2.05) is 32.0 Å². The maximum atomic E-state index is 12.7. The van der Waals surface area contributed by atoms with Crippen molar-refractivity contribution >= 4 is 11.6 Å². The predicted octanol–water partition coefficient (Wildman–Crippen LogP) is 4.88. The van der Waals surface area contributed by atoms with Crippen molar-refractivity contribution in [2.75, 3.05) is 19.0 Å². The van der Waals surface area contributed by atoms with Gasteiger partial charge in [-0.2, -0.15) is 18.3 Å². The summed E-state index contributed by atoms with van der Waals surface area (Å²) in [6.07, 6.45) is -1.72. The van der Waals surface area contributed by atoms with Gasteiger partial charge in [0.2, 0.25) is 0 Å². The van der Waals surface area contributed by atoms with Gasteiger partial charge in [0.05, 0.1) is 25.2 Å². The molecule has 0 fully saturated rings. The average molecular weight is 463 g/mol. The maximum absolute atomic E-state index is 12.7. The number of ether oxygens (including phenoxy) is 3. The van der Waals surface area contributed by atoms with Gasteiger partial charge in [-0.3, -0.25) is 4.79 Å². The molecule has 0 saturated heterocycles. The van der Waals surface area contributed by atoms with Crippen molar-refractivity contribution in [1.82, 2.24) is 9.78 Å². The molecule has 3 aromatic rings. The van der Waals surface area contributed by atoms with E-state index in [0.717, 1.165) is 21.6 Å². The van der Waals surface area contributed by atoms with E-state index in [0.29, 0.717) is 22.6 Å². The van der Waals surface area contributed by atoms with E-state index < -0.39 is 25.4 Å². The van der Waals surface area contributed by atoms with Crippen LogP contribution in [0.1, 0.15) is 27.0 Å². The van der Waals surface area contributed by atoms with Crippen molar-refractivity contribution in [3.8, 4) is 11.5 Å². The first-order valence-corrected chi connectivity index (χ1v) is 10.00. The third-order valence-corrected chi connectivity index (χ3v) is 4.65. The Kier molecular flexibility index (Phi) is 7.59. The fourth-order valence-electron chi connectivity index (χ4n) is 3.01. The number of halogens is 3. The van der Waals surface area contributed by atoms with Gasteiger partial charge in [-0.25, -0.2) is 4.68 Å². The number of hydrogen-bond acceptors (Lipinski definition) is 5. The van der Waals surface area contributed by atoms with Crippen LogP contribution in [0.5, 0.6) is 11.5 Å². The molecule has 0 aliphatic heterocycles. The number of nitrogens with zero attached hydrogens (tertiary/aromatic N) is 2. The standard InChI is InChI=1S/C23H24F3N3O4/c1-15-4-5-16(2)21(8-15)33-12-18-9-17(6-7-20(18)31-3)22(30)28-19-10-27-29(11-19)14-32-13-23(24,25)26/h4-11H,12-14H2,1-3H3,(H,28,30). The van der Waals surface area contributed by atoms with Crippen LogP contribution in [0.15, 0.2) is 48.8 Å². The predicted molar refractivity (Wildman–Crippen MR) is 115 cm³/mol. The molecule has 0 bridgehead atoms. The molecule has 1 heterocycles. The summed E-state index contributed by atoms with van der Waals surface area (Å²) in [7, 11) is 1.53. The second kappa shape index (κ2) is 10.4. The lowest BCUT2D eigenvalue weighted by molar-refractivity contribution is -0.182. The van der Waals surface area contributed by atoms with Gasteiger partial charge in [0.25, 0.3) is 5.91 Å². The molecule has 1 aromatic heterocycles. The minimum Gasteiger partial charge on any atom is -0.496 e. The van der Waals surface area contributed by atoms with E-state index >= 15 is 0 Å². The molecule has 1 amide bonds. The van der Waals surface area contributed by atoms with E-state index in [-0.39, 0.29) is 6.61 Å². The fraction of sp³-hybridized carbons (Fsp3) is 0.304. The number of aromatic nitrogens is 2. The van der Waals surface area contributed by atoms with Crippen molar-refractivity contribution < 1.29 is 32.2 Å². The number of anilines is 1. The number of benzene rings is 2. The average Bonchev–Trinajstić information content (AvgIpc) is 3.20. The molecule has 0 aliphatic rings. The summed E-state index contributed by atoms with van der Waals surface area (Å²) < 4.78 is 53.5. The van der Waals surface area contributed by atoms with Gasteiger partial charge in [0.1, 0.15) is 31.4 Å². The number of amides is 1. The largest absolute Gasteiger partial charge is 0.496 e. The van der Waals surface area contributed by atoms with E-state index in [1.54, 1.807) is 18.2 Å². The number of alkyl halides is 3. The van der Waals surface area contributed by atoms with E-state index in [9.17, 15) is 18.0 Å². The van der Waals surface area contributed by atoms with Crippen molar-refractivity contribution in [3.63, 3.8) is 0 Å². The second-order valence-corrected chi connectivity index (χ2v) is 7.40. The summed E-state index contributed by atoms with van der Waals surface area (Å²) >= 11 is 0. The number of hydrogen-bond donors (Lipinski definition) is 1. The summed E-state index contributed by atoms with van der Waals surface area (Å²) in [5.74, 6) is 0.903. The topological polar surface area (TPSA) is 74.6 Å². The number of methoxy groups -OCH3 is 1. The quantitative estimate of drug-likeness (QED) is 0.490. The molecule has 176 valence electrons. The second-order valence-electron chi connectivity index (χ2n) is 7.40. The molecule has 0 atom stereocenters. The first-order valence-electron chi connectivity index (χ1n) is 10.00. The SMILES string of the molecule is COc1ccc(C(=O)Nc2cnn(COCC(F)(F)F)c2)cc1COc1cc(C)ccc1C. The lowest BCUT2D eigenvalue weighted by atomic mass is 10.1. The molecule has 2 aromatic carbocycles. The van der Waals surface area contributed by atoms with E-state index in [4.69, 9.17) is 9.47 Å². The molecular formula is C23H24F3N3O4. The molecule has 0 saturated carbocycles. The van der Waals surface area contributed by atoms with Crippen LogP contribution in [0.2, 0.25) is 0 Å². The summed E-state index contributed by atoms with van der Waals surface area (Å²) in [6.45, 7) is 2.35. The highest BCUT2D eigenvalue weighted by molar-refractivity contribution is 6.04. The number of nitrogens with one attached hydrogen (secondary N) is 1. The van der Waals surface area contributed by atoms with Gasteiger partial charge in [-0.05, 0) is 49.2 Å². The molecular weight excluding hydrogens is 439 g/mol. The molecule has 1 N–H and O–H groups in total. The highest BCUT2D eigenvalue weighted by atomic mass is 19.4. The normalized spacial score (nSPS) is 11.3. The van der Waals surface area contributed by atoms with Crippen LogP contribution in [0, 0.1) is 13.8 Å². The van der Waals surface area contributed by atoms with Crippen LogP contribution in [0.4, 0.5) is 18.9 Å². The molecule has 0 radical (unpaired) electrons. The Labute approximate surface area is 189 Å². The fourth-order valence-corrected chi connectivity index (χ4v) is 3.01. The molecule has 3 rings (SSSR count). The van der Waals surface area contributed by atoms with Gasteiger partial charge in [0, 0.05) is 11.1 Å². The third kappa shape index (κ3) is 6.98. The third-order valence-electron chi connectivity index (χ3n) is 4.65. The molecule has 0 aliphatic carbocycles. The van der Waals surface area contributed by atoms with Gasteiger partial charge in [0.15, 0.2) is 0 Å². The first kappa shape index (κ1) is 24.1. The van der Waals surface area contributed by atoms with Crippen molar-refractivity contribution in [3.05, 3.63) is 71.0 Å². The minimum absolute atomic E-state index is 0.197. The lowest BCUT2D eigenvalue weighted by Crippen LogP contribution is -2.18. The Bertz CT molecular complexity index is 1110. The zero-order valence-electron chi connectivity index (χ0n) is 18.4. The Morgan fingerprint density at radius 1 is 1.12 bits per heavy atom. The number of carbonyl (C=O) groups excluding carboxylic acids is 1. The Balaban J connectivity index is 1.65. The summed E-state index contributed by atoms with van der Waals surface area (Å²) in [4.78, 5) is 12.7. The highest BCUT2D eigenvalue weighted by Crippen LogP contribution is 2.25. The minimum atomic E-state index is -4.42. The Morgan fingerprint density at radius 2 is 1.91 bits per heavy atom. The van der Waals surface area contributed by atoms with Crippen LogP contribution in [0.25, 0.3) is 0 Å². The van der Waals surface area contributed by atoms with Crippen molar-refractivity contribution in [2.24, 2.45) is 0 Å². The molecule has 33 heavy (non-hydrogen) atoms. The first-order chi connectivity index (χ1) is 15.6. The molecule has 0 unspecified atom stereocenters. The lowest BCUT2D eigenvalue weighted by Gasteiger charge is -2.14. The van der Waals surface area contributed by atoms with Crippen LogP contribution >= 0.6 is 0 Å². The van der Waals surface area contributed by atoms with Gasteiger partial charge in [-0.1, -0.05) is 12.1 Å².